The van der Waals surface area contributed by atoms with E-state index in [2.05, 4.69) is 10.4 Å². The first kappa shape index (κ1) is 19.7. The number of carbonyl (C=O) groups is 1. The Kier molecular flexibility index (Phi) is 6.66. The van der Waals surface area contributed by atoms with E-state index in [-0.39, 0.29) is 44.3 Å². The Bertz CT molecular complexity index is 759. The summed E-state index contributed by atoms with van der Waals surface area (Å²) in [5, 5.41) is 7.64. The van der Waals surface area contributed by atoms with Gasteiger partial charge in [0.2, 0.25) is 5.91 Å². The summed E-state index contributed by atoms with van der Waals surface area (Å²) in [6.07, 6.45) is 3.56. The van der Waals surface area contributed by atoms with Gasteiger partial charge in [-0.1, -0.05) is 46.4 Å². The van der Waals surface area contributed by atoms with Crippen LogP contribution in [0.15, 0.2) is 24.5 Å². The Labute approximate surface area is 170 Å². The van der Waals surface area contributed by atoms with Gasteiger partial charge in [-0.15, -0.1) is 0 Å². The van der Waals surface area contributed by atoms with Crippen LogP contribution in [0.2, 0.25) is 20.1 Å². The third kappa shape index (κ3) is 4.82. The normalized spacial score (nSPS) is 18.1. The summed E-state index contributed by atoms with van der Waals surface area (Å²) < 4.78 is 7.55. The molecule has 0 saturated carbocycles. The lowest BCUT2D eigenvalue weighted by molar-refractivity contribution is -0.119. The molecule has 140 valence electrons. The minimum atomic E-state index is -0.258. The van der Waals surface area contributed by atoms with E-state index in [1.807, 2.05) is 21.8 Å². The number of ether oxygens (including phenoxy) is 1. The average molecular weight is 438 g/mol. The first-order chi connectivity index (χ1) is 12.4. The van der Waals surface area contributed by atoms with Gasteiger partial charge in [0.1, 0.15) is 0 Å². The molecule has 1 saturated heterocycles. The number of aromatic nitrogens is 2. The first-order valence-electron chi connectivity index (χ1n) is 7.88. The Morgan fingerprint density at radius 2 is 2.00 bits per heavy atom. The highest BCUT2D eigenvalue weighted by Gasteiger charge is 2.24. The number of hydrogen-bond donors (Lipinski definition) is 1. The number of morpholine rings is 1. The summed E-state index contributed by atoms with van der Waals surface area (Å²) >= 11 is 24.2. The summed E-state index contributed by atoms with van der Waals surface area (Å²) in [5.74, 6) is -0.258. The fraction of sp³-hybridized carbons (Fsp3) is 0.375. The fourth-order valence-electron chi connectivity index (χ4n) is 2.72. The average Bonchev–Trinajstić information content (AvgIpc) is 3.10. The van der Waals surface area contributed by atoms with Crippen molar-refractivity contribution in [1.29, 1.82) is 0 Å². The van der Waals surface area contributed by atoms with Gasteiger partial charge in [-0.3, -0.25) is 14.4 Å². The van der Waals surface area contributed by atoms with Crippen molar-refractivity contribution < 1.29 is 9.53 Å². The number of anilines is 1. The Balaban J connectivity index is 1.60. The summed E-state index contributed by atoms with van der Waals surface area (Å²) in [6.45, 7) is 2.62. The molecule has 1 aromatic carbocycles. The third-order valence-corrected chi connectivity index (χ3v) is 5.49. The molecule has 1 aliphatic rings. The molecule has 1 atom stereocenters. The molecule has 3 rings (SSSR count). The summed E-state index contributed by atoms with van der Waals surface area (Å²) in [6, 6.07) is 3.29. The molecule has 6 nitrogen and oxygen atoms in total. The smallest absolute Gasteiger partial charge is 0.238 e. The fourth-order valence-corrected chi connectivity index (χ4v) is 3.62. The van der Waals surface area contributed by atoms with Crippen molar-refractivity contribution in [3.63, 3.8) is 0 Å². The maximum absolute atomic E-state index is 12.4. The lowest BCUT2D eigenvalue weighted by Gasteiger charge is -2.32. The lowest BCUT2D eigenvalue weighted by atomic mass is 10.2. The number of nitrogens with one attached hydrogen (secondary N) is 1. The van der Waals surface area contributed by atoms with Crippen LogP contribution in [0.1, 0.15) is 0 Å². The number of halogens is 4. The molecule has 0 radical (unpaired) electrons. The molecule has 1 aromatic heterocycles. The highest BCUT2D eigenvalue weighted by atomic mass is 35.5. The maximum atomic E-state index is 12.4. The van der Waals surface area contributed by atoms with Crippen LogP contribution in [0.25, 0.3) is 0 Å². The van der Waals surface area contributed by atoms with Gasteiger partial charge in [0, 0.05) is 25.5 Å². The molecule has 1 amide bonds. The van der Waals surface area contributed by atoms with E-state index in [9.17, 15) is 4.79 Å². The minimum Gasteiger partial charge on any atom is -0.374 e. The standard InChI is InChI=1S/C16H16Cl4N4O2/c17-11-6-12(18)15(20)16(14(11)19)22-13(25)9-23-4-5-26-10(7-23)8-24-3-1-2-21-24/h1-3,6,10H,4-5,7-9H2,(H,22,25). The zero-order chi connectivity index (χ0) is 18.7. The molecule has 1 aliphatic heterocycles. The van der Waals surface area contributed by atoms with Gasteiger partial charge < -0.3 is 10.1 Å². The van der Waals surface area contributed by atoms with Crippen molar-refractivity contribution in [3.05, 3.63) is 44.6 Å². The first-order valence-corrected chi connectivity index (χ1v) is 9.39. The zero-order valence-electron chi connectivity index (χ0n) is 13.6. The van der Waals surface area contributed by atoms with Gasteiger partial charge in [0.15, 0.2) is 0 Å². The Hall–Kier alpha value is -1.02. The monoisotopic (exact) mass is 436 g/mol. The molecule has 26 heavy (non-hydrogen) atoms. The highest BCUT2D eigenvalue weighted by Crippen LogP contribution is 2.40. The van der Waals surface area contributed by atoms with E-state index in [0.29, 0.717) is 26.2 Å². The Morgan fingerprint density at radius 3 is 2.65 bits per heavy atom. The highest BCUT2D eigenvalue weighted by molar-refractivity contribution is 6.50. The second-order valence-corrected chi connectivity index (χ2v) is 7.42. The predicted molar refractivity (Wildman–Crippen MR) is 104 cm³/mol. The molecule has 1 N–H and O–H groups in total. The van der Waals surface area contributed by atoms with Crippen LogP contribution in [0, 0.1) is 0 Å². The summed E-state index contributed by atoms with van der Waals surface area (Å²) in [5.41, 5.74) is 0.220. The molecular weight excluding hydrogens is 422 g/mol. The predicted octanol–water partition coefficient (Wildman–Crippen LogP) is 3.84. The van der Waals surface area contributed by atoms with E-state index in [1.165, 1.54) is 6.07 Å². The Morgan fingerprint density at radius 1 is 1.27 bits per heavy atom. The van der Waals surface area contributed by atoms with Gasteiger partial charge in [-0.25, -0.2) is 0 Å². The van der Waals surface area contributed by atoms with Gasteiger partial charge in [0.25, 0.3) is 0 Å². The van der Waals surface area contributed by atoms with E-state index < -0.39 is 0 Å². The molecule has 1 unspecified atom stereocenters. The van der Waals surface area contributed by atoms with Crippen molar-refractivity contribution in [1.82, 2.24) is 14.7 Å². The van der Waals surface area contributed by atoms with Crippen molar-refractivity contribution in [2.45, 2.75) is 12.6 Å². The van der Waals surface area contributed by atoms with Gasteiger partial charge in [-0.05, 0) is 12.1 Å². The number of hydrogen-bond acceptors (Lipinski definition) is 4. The third-order valence-electron chi connectivity index (χ3n) is 3.92. The van der Waals surface area contributed by atoms with Gasteiger partial charge in [-0.2, -0.15) is 5.10 Å². The van der Waals surface area contributed by atoms with E-state index in [0.717, 1.165) is 0 Å². The SMILES string of the molecule is O=C(CN1CCOC(Cn2cccn2)C1)Nc1c(Cl)c(Cl)cc(Cl)c1Cl. The van der Waals surface area contributed by atoms with Gasteiger partial charge >= 0.3 is 0 Å². The van der Waals surface area contributed by atoms with Crippen molar-refractivity contribution in [2.75, 3.05) is 31.6 Å². The zero-order valence-corrected chi connectivity index (χ0v) is 16.6. The maximum Gasteiger partial charge on any atom is 0.238 e. The molecule has 0 bridgehead atoms. The molecule has 10 heteroatoms. The summed E-state index contributed by atoms with van der Waals surface area (Å²) in [4.78, 5) is 14.4. The number of benzene rings is 1. The van der Waals surface area contributed by atoms with Crippen LogP contribution in [0.5, 0.6) is 0 Å². The second kappa shape index (κ2) is 8.78. The van der Waals surface area contributed by atoms with Crippen LogP contribution < -0.4 is 5.32 Å². The number of carbonyl (C=O) groups excluding carboxylic acids is 1. The van der Waals surface area contributed by atoms with Crippen LogP contribution in [-0.2, 0) is 16.1 Å². The quantitative estimate of drug-likeness (QED) is 0.722. The topological polar surface area (TPSA) is 59.4 Å². The molecule has 0 spiro atoms. The number of amides is 1. The molecular formula is C16H16Cl4N4O2. The number of nitrogens with zero attached hydrogens (tertiary/aromatic N) is 3. The van der Waals surface area contributed by atoms with Crippen molar-refractivity contribution in [2.24, 2.45) is 0 Å². The van der Waals surface area contributed by atoms with Crippen LogP contribution in [0.3, 0.4) is 0 Å². The van der Waals surface area contributed by atoms with E-state index >= 15 is 0 Å². The van der Waals surface area contributed by atoms with Crippen LogP contribution in [-0.4, -0.2) is 52.9 Å². The lowest BCUT2D eigenvalue weighted by Crippen LogP contribution is -2.47. The molecule has 0 aliphatic carbocycles. The number of rotatable bonds is 5. The van der Waals surface area contributed by atoms with Crippen LogP contribution >= 0.6 is 46.4 Å². The van der Waals surface area contributed by atoms with E-state index in [1.54, 1.807) is 6.20 Å². The van der Waals surface area contributed by atoms with E-state index in [4.69, 9.17) is 51.1 Å². The molecule has 2 aromatic rings. The minimum absolute atomic E-state index is 0.0377. The molecule has 1 fully saturated rings. The second-order valence-electron chi connectivity index (χ2n) is 5.85. The van der Waals surface area contributed by atoms with Crippen molar-refractivity contribution in [3.8, 4) is 0 Å². The van der Waals surface area contributed by atoms with Crippen LogP contribution in [0.4, 0.5) is 5.69 Å². The van der Waals surface area contributed by atoms with Crippen molar-refractivity contribution >= 4 is 58.0 Å². The largest absolute Gasteiger partial charge is 0.374 e. The molecule has 2 heterocycles. The van der Waals surface area contributed by atoms with Gasteiger partial charge in [0.05, 0.1) is 51.6 Å². The summed E-state index contributed by atoms with van der Waals surface area (Å²) in [7, 11) is 0.